The summed E-state index contributed by atoms with van der Waals surface area (Å²) in [5, 5.41) is 3.17. The van der Waals surface area contributed by atoms with Gasteiger partial charge in [0, 0.05) is 29.8 Å². The van der Waals surface area contributed by atoms with E-state index in [-0.39, 0.29) is 5.97 Å². The van der Waals surface area contributed by atoms with Crippen molar-refractivity contribution in [1.29, 1.82) is 0 Å². The molecule has 0 saturated heterocycles. The first kappa shape index (κ1) is 16.6. The molecular weight excluding hydrogens is 316 g/mol. The average molecular weight is 334 g/mol. The van der Waals surface area contributed by atoms with Crippen molar-refractivity contribution in [3.8, 4) is 11.3 Å². The topological polar surface area (TPSA) is 77.0 Å². The van der Waals surface area contributed by atoms with Crippen molar-refractivity contribution < 1.29 is 9.53 Å². The third-order valence-electron chi connectivity index (χ3n) is 3.63. The summed E-state index contributed by atoms with van der Waals surface area (Å²) < 4.78 is 5.05. The molecule has 0 bridgehead atoms. The Labute approximate surface area is 145 Å². The van der Waals surface area contributed by atoms with Gasteiger partial charge in [-0.1, -0.05) is 6.07 Å². The predicted octanol–water partition coefficient (Wildman–Crippen LogP) is 3.77. The van der Waals surface area contributed by atoms with Gasteiger partial charge in [0.25, 0.3) is 0 Å². The lowest BCUT2D eigenvalue weighted by Gasteiger charge is -2.11. The number of nitrogens with zero attached hydrogens (tertiary/aromatic N) is 3. The number of pyridine rings is 1. The van der Waals surface area contributed by atoms with Gasteiger partial charge in [0.05, 0.1) is 17.9 Å². The first-order valence-corrected chi connectivity index (χ1v) is 7.95. The second kappa shape index (κ2) is 7.53. The molecule has 0 atom stereocenters. The van der Waals surface area contributed by atoms with Gasteiger partial charge >= 0.3 is 5.97 Å². The molecule has 1 N–H and O–H groups in total. The van der Waals surface area contributed by atoms with Gasteiger partial charge in [-0.25, -0.2) is 14.8 Å². The highest BCUT2D eigenvalue weighted by molar-refractivity contribution is 5.91. The van der Waals surface area contributed by atoms with E-state index in [0.717, 1.165) is 22.5 Å². The second-order valence-electron chi connectivity index (χ2n) is 5.38. The van der Waals surface area contributed by atoms with Crippen molar-refractivity contribution in [3.63, 3.8) is 0 Å². The molecule has 0 spiro atoms. The molecule has 0 aliphatic heterocycles. The molecule has 6 heteroatoms. The molecule has 3 aromatic rings. The Kier molecular flexibility index (Phi) is 4.99. The zero-order valence-corrected chi connectivity index (χ0v) is 14.1. The van der Waals surface area contributed by atoms with E-state index in [9.17, 15) is 4.79 Å². The first-order chi connectivity index (χ1) is 12.2. The van der Waals surface area contributed by atoms with Crippen molar-refractivity contribution in [2.45, 2.75) is 13.8 Å². The summed E-state index contributed by atoms with van der Waals surface area (Å²) in [6.07, 6.45) is 5.13. The average Bonchev–Trinajstić information content (AvgIpc) is 2.65. The standard InChI is InChI=1S/C19H18N4O2/c1-3-25-18(24)15-5-4-13(2)17(12-15)23-19-21-11-8-16(22-19)14-6-9-20-10-7-14/h4-12H,3H2,1-2H3,(H,21,22,23). The number of rotatable bonds is 5. The SMILES string of the molecule is CCOC(=O)c1ccc(C)c(Nc2nccc(-c3ccncc3)n2)c1. The minimum absolute atomic E-state index is 0.340. The van der Waals surface area contributed by atoms with E-state index in [4.69, 9.17) is 4.74 Å². The molecule has 2 aromatic heterocycles. The van der Waals surface area contributed by atoms with E-state index in [0.29, 0.717) is 18.1 Å². The monoisotopic (exact) mass is 334 g/mol. The number of carbonyl (C=O) groups is 1. The summed E-state index contributed by atoms with van der Waals surface area (Å²) in [6, 6.07) is 11.0. The fraction of sp³-hybridized carbons (Fsp3) is 0.158. The van der Waals surface area contributed by atoms with Crippen molar-refractivity contribution in [2.75, 3.05) is 11.9 Å². The number of aromatic nitrogens is 3. The van der Waals surface area contributed by atoms with E-state index >= 15 is 0 Å². The highest BCUT2D eigenvalue weighted by Crippen LogP contribution is 2.22. The summed E-state index contributed by atoms with van der Waals surface area (Å²) >= 11 is 0. The number of hydrogen-bond donors (Lipinski definition) is 1. The molecule has 0 aliphatic rings. The minimum atomic E-state index is -0.350. The third kappa shape index (κ3) is 3.98. The summed E-state index contributed by atoms with van der Waals surface area (Å²) in [4.78, 5) is 24.7. The van der Waals surface area contributed by atoms with Crippen LogP contribution in [0.1, 0.15) is 22.8 Å². The van der Waals surface area contributed by atoms with Crippen molar-refractivity contribution in [3.05, 3.63) is 66.1 Å². The van der Waals surface area contributed by atoms with Crippen LogP contribution in [0.2, 0.25) is 0 Å². The quantitative estimate of drug-likeness (QED) is 0.716. The molecule has 0 fully saturated rings. The Morgan fingerprint density at radius 1 is 1.12 bits per heavy atom. The summed E-state index contributed by atoms with van der Waals surface area (Å²) in [5.41, 5.74) is 3.97. The summed E-state index contributed by atoms with van der Waals surface area (Å²) in [6.45, 7) is 4.07. The molecule has 2 heterocycles. The highest BCUT2D eigenvalue weighted by Gasteiger charge is 2.10. The van der Waals surface area contributed by atoms with Crippen LogP contribution in [0.25, 0.3) is 11.3 Å². The molecule has 0 radical (unpaired) electrons. The van der Waals surface area contributed by atoms with Gasteiger partial charge in [0.1, 0.15) is 0 Å². The van der Waals surface area contributed by atoms with Crippen LogP contribution in [-0.4, -0.2) is 27.5 Å². The van der Waals surface area contributed by atoms with Gasteiger partial charge in [0.2, 0.25) is 5.95 Å². The Bertz CT molecular complexity index is 882. The number of hydrogen-bond acceptors (Lipinski definition) is 6. The molecule has 25 heavy (non-hydrogen) atoms. The highest BCUT2D eigenvalue weighted by atomic mass is 16.5. The zero-order valence-electron chi connectivity index (χ0n) is 14.1. The van der Waals surface area contributed by atoms with Gasteiger partial charge in [-0.3, -0.25) is 4.98 Å². The summed E-state index contributed by atoms with van der Waals surface area (Å²) in [5.74, 6) is 0.107. The van der Waals surface area contributed by atoms with Crippen molar-refractivity contribution in [1.82, 2.24) is 15.0 Å². The lowest BCUT2D eigenvalue weighted by atomic mass is 10.1. The minimum Gasteiger partial charge on any atom is -0.462 e. The smallest absolute Gasteiger partial charge is 0.338 e. The van der Waals surface area contributed by atoms with E-state index in [1.54, 1.807) is 37.6 Å². The van der Waals surface area contributed by atoms with Crippen LogP contribution in [0, 0.1) is 6.92 Å². The van der Waals surface area contributed by atoms with E-state index in [1.807, 2.05) is 31.2 Å². The van der Waals surface area contributed by atoms with Crippen LogP contribution >= 0.6 is 0 Å². The Hall–Kier alpha value is -3.28. The number of ether oxygens (including phenoxy) is 1. The maximum atomic E-state index is 11.9. The Morgan fingerprint density at radius 3 is 2.68 bits per heavy atom. The fourth-order valence-corrected chi connectivity index (χ4v) is 2.32. The van der Waals surface area contributed by atoms with E-state index in [1.165, 1.54) is 0 Å². The lowest BCUT2D eigenvalue weighted by molar-refractivity contribution is 0.0526. The van der Waals surface area contributed by atoms with Crippen LogP contribution in [-0.2, 0) is 4.74 Å². The first-order valence-electron chi connectivity index (χ1n) is 7.95. The number of esters is 1. The third-order valence-corrected chi connectivity index (χ3v) is 3.63. The molecule has 0 saturated carbocycles. The van der Waals surface area contributed by atoms with Gasteiger partial charge in [-0.2, -0.15) is 0 Å². The van der Waals surface area contributed by atoms with Crippen molar-refractivity contribution >= 4 is 17.6 Å². The van der Waals surface area contributed by atoms with Crippen LogP contribution in [0.4, 0.5) is 11.6 Å². The van der Waals surface area contributed by atoms with Crippen LogP contribution < -0.4 is 5.32 Å². The Morgan fingerprint density at radius 2 is 1.92 bits per heavy atom. The van der Waals surface area contributed by atoms with Gasteiger partial charge in [-0.05, 0) is 49.7 Å². The lowest BCUT2D eigenvalue weighted by Crippen LogP contribution is -2.06. The van der Waals surface area contributed by atoms with E-state index in [2.05, 4.69) is 20.3 Å². The zero-order chi connectivity index (χ0) is 17.6. The molecule has 3 rings (SSSR count). The number of nitrogens with one attached hydrogen (secondary N) is 1. The number of anilines is 2. The number of carbonyl (C=O) groups excluding carboxylic acids is 1. The fourth-order valence-electron chi connectivity index (χ4n) is 2.32. The molecule has 6 nitrogen and oxygen atoms in total. The van der Waals surface area contributed by atoms with Gasteiger partial charge in [0.15, 0.2) is 0 Å². The van der Waals surface area contributed by atoms with Crippen LogP contribution in [0.3, 0.4) is 0 Å². The second-order valence-corrected chi connectivity index (χ2v) is 5.38. The normalized spacial score (nSPS) is 10.3. The van der Waals surface area contributed by atoms with Crippen molar-refractivity contribution in [2.24, 2.45) is 0 Å². The molecule has 0 unspecified atom stereocenters. The maximum Gasteiger partial charge on any atom is 0.338 e. The molecule has 0 aliphatic carbocycles. The van der Waals surface area contributed by atoms with E-state index < -0.39 is 0 Å². The summed E-state index contributed by atoms with van der Waals surface area (Å²) in [7, 11) is 0. The molecule has 126 valence electrons. The van der Waals surface area contributed by atoms with Gasteiger partial charge < -0.3 is 10.1 Å². The molecular formula is C19H18N4O2. The molecule has 1 aromatic carbocycles. The van der Waals surface area contributed by atoms with Gasteiger partial charge in [-0.15, -0.1) is 0 Å². The molecule has 0 amide bonds. The maximum absolute atomic E-state index is 11.9. The number of aryl methyl sites for hydroxylation is 1. The van der Waals surface area contributed by atoms with Crippen LogP contribution in [0.5, 0.6) is 0 Å². The predicted molar refractivity (Wildman–Crippen MR) is 95.7 cm³/mol. The van der Waals surface area contributed by atoms with Crippen LogP contribution in [0.15, 0.2) is 55.0 Å². The Balaban J connectivity index is 1.87. The largest absolute Gasteiger partial charge is 0.462 e. The number of benzene rings is 1.